The maximum absolute atomic E-state index is 11.6. The maximum Gasteiger partial charge on any atom is 0.147 e. The van der Waals surface area contributed by atoms with Crippen molar-refractivity contribution in [3.63, 3.8) is 0 Å². The molecule has 2 N–H and O–H groups in total. The molecule has 1 atom stereocenters. The van der Waals surface area contributed by atoms with Crippen LogP contribution in [0.15, 0.2) is 48.7 Å². The molecule has 0 amide bonds. The highest BCUT2D eigenvalue weighted by molar-refractivity contribution is 9.15. The van der Waals surface area contributed by atoms with Gasteiger partial charge in [0, 0.05) is 22.4 Å². The predicted molar refractivity (Wildman–Crippen MR) is 84.4 cm³/mol. The molecule has 1 aliphatic rings. The van der Waals surface area contributed by atoms with E-state index in [1.165, 1.54) is 0 Å². The molecule has 2 aromatic rings. The van der Waals surface area contributed by atoms with Gasteiger partial charge in [-0.05, 0) is 51.3 Å². The average Bonchev–Trinajstić information content (AvgIpc) is 2.47. The molecule has 3 rings (SSSR count). The third-order valence-electron chi connectivity index (χ3n) is 3.42. The number of hydrogen-bond donors (Lipinski definition) is 2. The second-order valence-electron chi connectivity index (χ2n) is 4.76. The van der Waals surface area contributed by atoms with Crippen LogP contribution < -0.4 is 4.90 Å². The standard InChI is InChI=1S/C16H12BrNO3/c17-15-8-18(10-2-1-3-11(20)6-10)16(9-19)13-5-4-12(21)7-14(13)15/h1-9,16,20-21H. The number of carbonyl (C=O) groups is 1. The van der Waals surface area contributed by atoms with E-state index in [4.69, 9.17) is 0 Å². The molecule has 0 saturated heterocycles. The molecule has 0 fully saturated rings. The van der Waals surface area contributed by atoms with Gasteiger partial charge in [0.2, 0.25) is 0 Å². The van der Waals surface area contributed by atoms with E-state index >= 15 is 0 Å². The smallest absolute Gasteiger partial charge is 0.147 e. The number of benzene rings is 2. The summed E-state index contributed by atoms with van der Waals surface area (Å²) in [5.41, 5.74) is 2.28. The Morgan fingerprint density at radius 3 is 2.57 bits per heavy atom. The third kappa shape index (κ3) is 2.40. The number of anilines is 1. The number of halogens is 1. The largest absolute Gasteiger partial charge is 0.508 e. The molecule has 106 valence electrons. The number of nitrogens with zero attached hydrogens (tertiary/aromatic N) is 1. The van der Waals surface area contributed by atoms with Crippen LogP contribution in [-0.4, -0.2) is 16.5 Å². The molecule has 0 aliphatic carbocycles. The Labute approximate surface area is 130 Å². The Kier molecular flexibility index (Phi) is 3.43. The molecular weight excluding hydrogens is 334 g/mol. The fraction of sp³-hybridized carbons (Fsp3) is 0.0625. The average molecular weight is 346 g/mol. The number of phenolic OH excluding ortho intramolecular Hbond substituents is 2. The van der Waals surface area contributed by atoms with Crippen molar-refractivity contribution in [2.24, 2.45) is 0 Å². The van der Waals surface area contributed by atoms with Gasteiger partial charge in [-0.2, -0.15) is 0 Å². The Morgan fingerprint density at radius 1 is 1.10 bits per heavy atom. The van der Waals surface area contributed by atoms with Crippen LogP contribution in [0.5, 0.6) is 11.5 Å². The Bertz CT molecular complexity index is 742. The number of fused-ring (bicyclic) bond motifs is 1. The topological polar surface area (TPSA) is 60.8 Å². The summed E-state index contributed by atoms with van der Waals surface area (Å²) in [6.45, 7) is 0. The lowest BCUT2D eigenvalue weighted by atomic mass is 9.96. The van der Waals surface area contributed by atoms with Crippen LogP contribution in [0.3, 0.4) is 0 Å². The molecule has 0 aromatic heterocycles. The quantitative estimate of drug-likeness (QED) is 0.817. The summed E-state index contributed by atoms with van der Waals surface area (Å²) in [6.07, 6.45) is 2.62. The molecule has 1 aliphatic heterocycles. The van der Waals surface area contributed by atoms with Crippen molar-refractivity contribution in [1.29, 1.82) is 0 Å². The first kappa shape index (κ1) is 13.7. The van der Waals surface area contributed by atoms with Gasteiger partial charge in [-0.3, -0.25) is 0 Å². The van der Waals surface area contributed by atoms with Crippen molar-refractivity contribution < 1.29 is 15.0 Å². The molecule has 0 saturated carbocycles. The Balaban J connectivity index is 2.15. The van der Waals surface area contributed by atoms with Crippen molar-refractivity contribution in [3.05, 3.63) is 59.8 Å². The molecule has 0 radical (unpaired) electrons. The van der Waals surface area contributed by atoms with E-state index in [1.54, 1.807) is 47.5 Å². The van der Waals surface area contributed by atoms with Crippen LogP contribution in [0, 0.1) is 0 Å². The zero-order valence-corrected chi connectivity index (χ0v) is 12.5. The third-order valence-corrected chi connectivity index (χ3v) is 4.05. The molecule has 4 nitrogen and oxygen atoms in total. The minimum Gasteiger partial charge on any atom is -0.508 e. The molecule has 5 heteroatoms. The second-order valence-corrected chi connectivity index (χ2v) is 5.61. The van der Waals surface area contributed by atoms with E-state index in [9.17, 15) is 15.0 Å². The van der Waals surface area contributed by atoms with Gasteiger partial charge in [0.25, 0.3) is 0 Å². The Hall–Kier alpha value is -2.27. The lowest BCUT2D eigenvalue weighted by molar-refractivity contribution is -0.109. The van der Waals surface area contributed by atoms with Gasteiger partial charge in [0.05, 0.1) is 0 Å². The summed E-state index contributed by atoms with van der Waals surface area (Å²) in [5.74, 6) is 0.285. The number of carbonyl (C=O) groups excluding carboxylic acids is 1. The number of aldehydes is 1. The van der Waals surface area contributed by atoms with Crippen molar-refractivity contribution in [3.8, 4) is 11.5 Å². The van der Waals surface area contributed by atoms with E-state index in [1.807, 2.05) is 6.07 Å². The fourth-order valence-electron chi connectivity index (χ4n) is 2.46. The highest BCUT2D eigenvalue weighted by Crippen LogP contribution is 2.41. The Morgan fingerprint density at radius 2 is 1.86 bits per heavy atom. The molecule has 0 bridgehead atoms. The molecule has 21 heavy (non-hydrogen) atoms. The van der Waals surface area contributed by atoms with Gasteiger partial charge in [-0.1, -0.05) is 12.1 Å². The number of hydrogen-bond acceptors (Lipinski definition) is 4. The molecule has 0 spiro atoms. The summed E-state index contributed by atoms with van der Waals surface area (Å²) < 4.78 is 0.759. The van der Waals surface area contributed by atoms with Crippen molar-refractivity contribution in [2.75, 3.05) is 4.90 Å². The van der Waals surface area contributed by atoms with Gasteiger partial charge in [-0.15, -0.1) is 0 Å². The van der Waals surface area contributed by atoms with Gasteiger partial charge in [0.15, 0.2) is 0 Å². The minimum absolute atomic E-state index is 0.137. The van der Waals surface area contributed by atoms with E-state index in [0.29, 0.717) is 5.69 Å². The fourth-order valence-corrected chi connectivity index (χ4v) is 3.02. The van der Waals surface area contributed by atoms with Crippen LogP contribution >= 0.6 is 15.9 Å². The van der Waals surface area contributed by atoms with E-state index in [2.05, 4.69) is 15.9 Å². The second kappa shape index (κ2) is 5.26. The van der Waals surface area contributed by atoms with Gasteiger partial charge >= 0.3 is 0 Å². The summed E-state index contributed by atoms with van der Waals surface area (Å²) >= 11 is 3.46. The maximum atomic E-state index is 11.6. The highest BCUT2D eigenvalue weighted by Gasteiger charge is 2.27. The SMILES string of the molecule is O=CC1c2ccc(O)cc2C(Br)=CN1c1cccc(O)c1. The first-order chi connectivity index (χ1) is 10.1. The first-order valence-electron chi connectivity index (χ1n) is 6.33. The number of aromatic hydroxyl groups is 2. The summed E-state index contributed by atoms with van der Waals surface area (Å²) in [6, 6.07) is 11.1. The van der Waals surface area contributed by atoms with Gasteiger partial charge in [-0.25, -0.2) is 0 Å². The zero-order valence-electron chi connectivity index (χ0n) is 10.9. The van der Waals surface area contributed by atoms with Crippen molar-refractivity contribution >= 4 is 32.4 Å². The number of rotatable bonds is 2. The summed E-state index contributed by atoms with van der Waals surface area (Å²) in [7, 11) is 0. The van der Waals surface area contributed by atoms with Crippen molar-refractivity contribution in [1.82, 2.24) is 0 Å². The van der Waals surface area contributed by atoms with Crippen LogP contribution in [-0.2, 0) is 4.79 Å². The van der Waals surface area contributed by atoms with Crippen molar-refractivity contribution in [2.45, 2.75) is 6.04 Å². The van der Waals surface area contributed by atoms with Gasteiger partial charge < -0.3 is 19.9 Å². The van der Waals surface area contributed by atoms with Crippen LogP contribution in [0.2, 0.25) is 0 Å². The molecule has 1 unspecified atom stereocenters. The first-order valence-corrected chi connectivity index (χ1v) is 7.12. The molecule has 1 heterocycles. The minimum atomic E-state index is -0.510. The lowest BCUT2D eigenvalue weighted by Gasteiger charge is -2.33. The molecule has 2 aromatic carbocycles. The summed E-state index contributed by atoms with van der Waals surface area (Å²) in [4.78, 5) is 13.3. The zero-order chi connectivity index (χ0) is 15.0. The van der Waals surface area contributed by atoms with E-state index in [-0.39, 0.29) is 11.5 Å². The predicted octanol–water partition coefficient (Wildman–Crippen LogP) is 3.55. The van der Waals surface area contributed by atoms with Gasteiger partial charge in [0.1, 0.15) is 23.8 Å². The van der Waals surface area contributed by atoms with Crippen LogP contribution in [0.25, 0.3) is 4.48 Å². The molecular formula is C16H12BrNO3. The number of phenols is 2. The van der Waals surface area contributed by atoms with Crippen LogP contribution in [0.1, 0.15) is 17.2 Å². The highest BCUT2D eigenvalue weighted by atomic mass is 79.9. The lowest BCUT2D eigenvalue weighted by Crippen LogP contribution is -2.28. The van der Waals surface area contributed by atoms with Crippen LogP contribution in [0.4, 0.5) is 5.69 Å². The van der Waals surface area contributed by atoms with E-state index in [0.717, 1.165) is 21.9 Å². The normalized spacial score (nSPS) is 17.1. The monoisotopic (exact) mass is 345 g/mol. The summed E-state index contributed by atoms with van der Waals surface area (Å²) in [5, 5.41) is 19.2. The van der Waals surface area contributed by atoms with E-state index < -0.39 is 6.04 Å².